The van der Waals surface area contributed by atoms with Gasteiger partial charge in [-0.05, 0) is 56.8 Å². The lowest BCUT2D eigenvalue weighted by atomic mass is 9.91. The molecule has 2 N–H and O–H groups in total. The van der Waals surface area contributed by atoms with Gasteiger partial charge < -0.3 is 15.2 Å². The van der Waals surface area contributed by atoms with Crippen LogP contribution in [0.15, 0.2) is 18.2 Å². The van der Waals surface area contributed by atoms with Crippen molar-refractivity contribution in [1.82, 2.24) is 5.32 Å². The molecule has 0 spiro atoms. The second-order valence-electron chi connectivity index (χ2n) is 4.94. The zero-order valence-electron chi connectivity index (χ0n) is 10.6. The third-order valence-corrected chi connectivity index (χ3v) is 3.11. The molecule has 0 amide bonds. The molecule has 0 saturated carbocycles. The van der Waals surface area contributed by atoms with E-state index in [0.717, 1.165) is 13.1 Å². The van der Waals surface area contributed by atoms with Crippen molar-refractivity contribution < 1.29 is 9.84 Å². The molecular formula is C14H21NO2. The summed E-state index contributed by atoms with van der Waals surface area (Å²) in [7, 11) is 0. The number of hydrogen-bond donors (Lipinski definition) is 2. The lowest BCUT2D eigenvalue weighted by molar-refractivity contribution is 0.231. The number of phenolic OH excluding ortho intramolecular Hbond substituents is 1. The number of piperidine rings is 1. The molecule has 1 heterocycles. The second kappa shape index (κ2) is 5.41. The number of benzene rings is 1. The van der Waals surface area contributed by atoms with Crippen LogP contribution in [0.3, 0.4) is 0 Å². The molecule has 17 heavy (non-hydrogen) atoms. The van der Waals surface area contributed by atoms with Crippen molar-refractivity contribution >= 4 is 0 Å². The largest absolute Gasteiger partial charge is 0.504 e. The summed E-state index contributed by atoms with van der Waals surface area (Å²) in [6.07, 6.45) is 2.51. The van der Waals surface area contributed by atoms with Crippen molar-refractivity contribution in [2.24, 2.45) is 0 Å². The predicted octanol–water partition coefficient (Wildman–Crippen LogP) is 2.65. The van der Waals surface area contributed by atoms with Crippen molar-refractivity contribution in [3.63, 3.8) is 0 Å². The fourth-order valence-electron chi connectivity index (χ4n) is 2.27. The fraction of sp³-hybridized carbons (Fsp3) is 0.571. The van der Waals surface area contributed by atoms with E-state index in [4.69, 9.17) is 4.74 Å². The van der Waals surface area contributed by atoms with Gasteiger partial charge in [0.15, 0.2) is 11.5 Å². The Morgan fingerprint density at radius 3 is 2.88 bits per heavy atom. The Kier molecular flexibility index (Phi) is 3.89. The van der Waals surface area contributed by atoms with Gasteiger partial charge in [-0.3, -0.25) is 0 Å². The summed E-state index contributed by atoms with van der Waals surface area (Å²) in [5.74, 6) is 1.37. The highest BCUT2D eigenvalue weighted by Crippen LogP contribution is 2.32. The van der Waals surface area contributed by atoms with Crippen LogP contribution >= 0.6 is 0 Å². The van der Waals surface area contributed by atoms with Crippen LogP contribution in [0.1, 0.15) is 38.2 Å². The Balaban J connectivity index is 2.17. The highest BCUT2D eigenvalue weighted by molar-refractivity contribution is 5.43. The van der Waals surface area contributed by atoms with E-state index in [1.54, 1.807) is 6.07 Å². The molecule has 1 saturated heterocycles. The minimum Gasteiger partial charge on any atom is -0.504 e. The lowest BCUT2D eigenvalue weighted by Crippen LogP contribution is -2.28. The normalized spacial score (nSPS) is 20.5. The van der Waals surface area contributed by atoms with Gasteiger partial charge in [-0.1, -0.05) is 6.07 Å². The van der Waals surface area contributed by atoms with Crippen LogP contribution in [0.4, 0.5) is 0 Å². The molecule has 1 fully saturated rings. The van der Waals surface area contributed by atoms with Crippen LogP contribution in [0.5, 0.6) is 11.5 Å². The van der Waals surface area contributed by atoms with E-state index in [-0.39, 0.29) is 11.9 Å². The number of nitrogens with one attached hydrogen (secondary N) is 1. The summed E-state index contributed by atoms with van der Waals surface area (Å²) in [4.78, 5) is 0. The van der Waals surface area contributed by atoms with Gasteiger partial charge in [0.2, 0.25) is 0 Å². The summed E-state index contributed by atoms with van der Waals surface area (Å²) in [6.45, 7) is 6.07. The zero-order chi connectivity index (χ0) is 12.3. The average Bonchev–Trinajstić information content (AvgIpc) is 2.32. The van der Waals surface area contributed by atoms with Gasteiger partial charge in [0, 0.05) is 6.54 Å². The molecule has 1 unspecified atom stereocenters. The molecule has 2 rings (SSSR count). The summed E-state index contributed by atoms with van der Waals surface area (Å²) < 4.78 is 5.61. The van der Waals surface area contributed by atoms with Gasteiger partial charge >= 0.3 is 0 Å². The highest BCUT2D eigenvalue weighted by Gasteiger charge is 2.17. The Labute approximate surface area is 103 Å². The Bertz CT molecular complexity index is 370. The van der Waals surface area contributed by atoms with Crippen molar-refractivity contribution in [3.8, 4) is 11.5 Å². The Hall–Kier alpha value is -1.22. The number of ether oxygens (including phenoxy) is 1. The molecule has 1 aliphatic rings. The number of phenols is 1. The van der Waals surface area contributed by atoms with E-state index < -0.39 is 0 Å². The molecule has 1 aliphatic heterocycles. The van der Waals surface area contributed by atoms with Crippen LogP contribution in [0, 0.1) is 0 Å². The molecule has 3 nitrogen and oxygen atoms in total. The van der Waals surface area contributed by atoms with Crippen LogP contribution < -0.4 is 10.1 Å². The van der Waals surface area contributed by atoms with Crippen LogP contribution in [0.2, 0.25) is 0 Å². The smallest absolute Gasteiger partial charge is 0.161 e. The minimum atomic E-state index is 0.0839. The van der Waals surface area contributed by atoms with Gasteiger partial charge in [0.1, 0.15) is 0 Å². The maximum atomic E-state index is 9.74. The van der Waals surface area contributed by atoms with Gasteiger partial charge in [0.05, 0.1) is 6.10 Å². The van der Waals surface area contributed by atoms with E-state index in [0.29, 0.717) is 11.7 Å². The number of aromatic hydroxyl groups is 1. The third kappa shape index (κ3) is 3.13. The molecule has 0 aromatic heterocycles. The minimum absolute atomic E-state index is 0.0839. The van der Waals surface area contributed by atoms with E-state index in [1.165, 1.54) is 18.4 Å². The summed E-state index contributed by atoms with van der Waals surface area (Å²) >= 11 is 0. The van der Waals surface area contributed by atoms with E-state index in [9.17, 15) is 5.11 Å². The predicted molar refractivity (Wildman–Crippen MR) is 68.7 cm³/mol. The molecule has 0 aliphatic carbocycles. The molecule has 0 bridgehead atoms. The maximum absolute atomic E-state index is 9.74. The Morgan fingerprint density at radius 1 is 1.41 bits per heavy atom. The van der Waals surface area contributed by atoms with Gasteiger partial charge in [-0.25, -0.2) is 0 Å². The topological polar surface area (TPSA) is 41.5 Å². The summed E-state index contributed by atoms with van der Waals surface area (Å²) in [6, 6.07) is 5.72. The number of hydrogen-bond acceptors (Lipinski definition) is 3. The molecule has 1 atom stereocenters. The average molecular weight is 235 g/mol. The van der Waals surface area contributed by atoms with E-state index in [2.05, 4.69) is 5.32 Å². The second-order valence-corrected chi connectivity index (χ2v) is 4.94. The van der Waals surface area contributed by atoms with Gasteiger partial charge in [-0.2, -0.15) is 0 Å². The first kappa shape index (κ1) is 12.2. The zero-order valence-corrected chi connectivity index (χ0v) is 10.6. The highest BCUT2D eigenvalue weighted by atomic mass is 16.5. The van der Waals surface area contributed by atoms with Gasteiger partial charge in [-0.15, -0.1) is 0 Å². The molecule has 1 aromatic carbocycles. The first-order valence-corrected chi connectivity index (χ1v) is 6.37. The standard InChI is InChI=1S/C14H21NO2/c1-10(2)17-14-8-11(5-6-13(14)16)12-4-3-7-15-9-12/h5-6,8,10,12,15-16H,3-4,7,9H2,1-2H3. The summed E-state index contributed by atoms with van der Waals surface area (Å²) in [5, 5.41) is 13.1. The van der Waals surface area contributed by atoms with Crippen LogP contribution in [-0.2, 0) is 0 Å². The van der Waals surface area contributed by atoms with Crippen molar-refractivity contribution in [3.05, 3.63) is 23.8 Å². The molecule has 0 radical (unpaired) electrons. The van der Waals surface area contributed by atoms with Crippen molar-refractivity contribution in [1.29, 1.82) is 0 Å². The molecule has 1 aromatic rings. The summed E-state index contributed by atoms with van der Waals surface area (Å²) in [5.41, 5.74) is 1.26. The van der Waals surface area contributed by atoms with Crippen molar-refractivity contribution in [2.45, 2.75) is 38.7 Å². The van der Waals surface area contributed by atoms with Crippen LogP contribution in [0.25, 0.3) is 0 Å². The van der Waals surface area contributed by atoms with Gasteiger partial charge in [0.25, 0.3) is 0 Å². The lowest BCUT2D eigenvalue weighted by Gasteiger charge is -2.24. The fourth-order valence-corrected chi connectivity index (χ4v) is 2.27. The first-order chi connectivity index (χ1) is 8.16. The Morgan fingerprint density at radius 2 is 2.24 bits per heavy atom. The molecule has 3 heteroatoms. The van der Waals surface area contributed by atoms with E-state index >= 15 is 0 Å². The van der Waals surface area contributed by atoms with E-state index in [1.807, 2.05) is 26.0 Å². The monoisotopic (exact) mass is 235 g/mol. The quantitative estimate of drug-likeness (QED) is 0.846. The molecular weight excluding hydrogens is 214 g/mol. The molecule has 94 valence electrons. The number of rotatable bonds is 3. The third-order valence-electron chi connectivity index (χ3n) is 3.11. The van der Waals surface area contributed by atoms with Crippen molar-refractivity contribution in [2.75, 3.05) is 13.1 Å². The van der Waals surface area contributed by atoms with Crippen LogP contribution in [-0.4, -0.2) is 24.3 Å². The first-order valence-electron chi connectivity index (χ1n) is 6.37. The SMILES string of the molecule is CC(C)Oc1cc(C2CCCNC2)ccc1O. The maximum Gasteiger partial charge on any atom is 0.161 e.